The number of β-amino-alcohol motifs (C(OH)–C–C–N with tert-alkyl or cyclic N) is 1. The molecule has 0 spiro atoms. The molecule has 1 saturated heterocycles. The molecule has 4 heteroatoms. The van der Waals surface area contributed by atoms with E-state index in [1.165, 1.54) is 0 Å². The second-order valence-electron chi connectivity index (χ2n) is 5.56. The Kier molecular flexibility index (Phi) is 4.74. The highest BCUT2D eigenvalue weighted by Gasteiger charge is 2.21. The van der Waals surface area contributed by atoms with E-state index in [9.17, 15) is 9.90 Å². The van der Waals surface area contributed by atoms with Crippen LogP contribution in [-0.4, -0.2) is 47.2 Å². The molecule has 2 N–H and O–H groups in total. The molecule has 16 heavy (non-hydrogen) atoms. The van der Waals surface area contributed by atoms with Gasteiger partial charge in [0, 0.05) is 31.6 Å². The summed E-state index contributed by atoms with van der Waals surface area (Å²) in [6.07, 6.45) is 1.93. The number of aliphatic hydroxyl groups is 1. The summed E-state index contributed by atoms with van der Waals surface area (Å²) >= 11 is 0. The summed E-state index contributed by atoms with van der Waals surface area (Å²) in [6, 6.07) is 0. The van der Waals surface area contributed by atoms with Crippen molar-refractivity contribution >= 4 is 5.91 Å². The van der Waals surface area contributed by atoms with Crippen LogP contribution >= 0.6 is 0 Å². The Morgan fingerprint density at radius 3 is 2.75 bits per heavy atom. The highest BCUT2D eigenvalue weighted by atomic mass is 16.3. The Labute approximate surface area is 98.0 Å². The first-order valence-electron chi connectivity index (χ1n) is 6.09. The number of carbonyl (C=O) groups is 1. The molecule has 1 heterocycles. The molecule has 0 bridgehead atoms. The smallest absolute Gasteiger partial charge is 0.223 e. The molecule has 4 nitrogen and oxygen atoms in total. The monoisotopic (exact) mass is 228 g/mol. The predicted octanol–water partition coefficient (Wildman–Crippen LogP) is 0.748. The minimum Gasteiger partial charge on any atom is -0.391 e. The van der Waals surface area contributed by atoms with E-state index in [0.717, 1.165) is 19.4 Å². The summed E-state index contributed by atoms with van der Waals surface area (Å²) in [4.78, 5) is 13.6. The average Bonchev–Trinajstić information content (AvgIpc) is 2.15. The minimum absolute atomic E-state index is 0.0572. The van der Waals surface area contributed by atoms with Crippen LogP contribution in [-0.2, 0) is 4.79 Å². The van der Waals surface area contributed by atoms with Gasteiger partial charge in [0.1, 0.15) is 0 Å². The van der Waals surface area contributed by atoms with Crippen LogP contribution in [0.25, 0.3) is 0 Å². The van der Waals surface area contributed by atoms with Crippen molar-refractivity contribution in [3.8, 4) is 0 Å². The lowest BCUT2D eigenvalue weighted by Gasteiger charge is -2.30. The van der Waals surface area contributed by atoms with Crippen molar-refractivity contribution in [3.05, 3.63) is 0 Å². The van der Waals surface area contributed by atoms with Gasteiger partial charge in [0.05, 0.1) is 6.10 Å². The zero-order chi connectivity index (χ0) is 12.2. The fraction of sp³-hybridized carbons (Fsp3) is 0.917. The normalized spacial score (nSPS) is 22.2. The zero-order valence-corrected chi connectivity index (χ0v) is 10.6. The van der Waals surface area contributed by atoms with Crippen molar-refractivity contribution in [1.29, 1.82) is 0 Å². The number of hydrogen-bond acceptors (Lipinski definition) is 3. The van der Waals surface area contributed by atoms with Gasteiger partial charge in [-0.3, -0.25) is 4.79 Å². The number of nitrogens with zero attached hydrogens (tertiary/aromatic N) is 1. The maximum absolute atomic E-state index is 11.8. The fourth-order valence-electron chi connectivity index (χ4n) is 1.88. The third-order valence-electron chi connectivity index (χ3n) is 2.74. The topological polar surface area (TPSA) is 52.6 Å². The van der Waals surface area contributed by atoms with Crippen molar-refractivity contribution in [3.63, 3.8) is 0 Å². The summed E-state index contributed by atoms with van der Waals surface area (Å²) in [5, 5.41) is 12.8. The number of nitrogens with one attached hydrogen (secondary N) is 1. The maximum Gasteiger partial charge on any atom is 0.223 e. The van der Waals surface area contributed by atoms with Crippen molar-refractivity contribution in [2.75, 3.05) is 19.6 Å². The Morgan fingerprint density at radius 2 is 2.19 bits per heavy atom. The lowest BCUT2D eigenvalue weighted by Crippen LogP contribution is -2.44. The zero-order valence-electron chi connectivity index (χ0n) is 10.6. The highest BCUT2D eigenvalue weighted by molar-refractivity contribution is 5.76. The Bertz CT molecular complexity index is 236. The molecule has 1 rings (SSSR count). The number of amides is 1. The largest absolute Gasteiger partial charge is 0.391 e. The van der Waals surface area contributed by atoms with Gasteiger partial charge in [0.15, 0.2) is 0 Å². The number of likely N-dealkylation sites (tertiary alicyclic amines) is 1. The molecule has 0 aromatic rings. The van der Waals surface area contributed by atoms with E-state index in [1.807, 2.05) is 0 Å². The second kappa shape index (κ2) is 5.64. The molecule has 1 aliphatic heterocycles. The molecule has 1 atom stereocenters. The van der Waals surface area contributed by atoms with Crippen LogP contribution < -0.4 is 5.32 Å². The summed E-state index contributed by atoms with van der Waals surface area (Å²) in [6.45, 7) is 8.26. The molecule has 1 amide bonds. The van der Waals surface area contributed by atoms with Crippen molar-refractivity contribution in [2.24, 2.45) is 0 Å². The number of carbonyl (C=O) groups excluding carboxylic acids is 1. The molecule has 1 fully saturated rings. The van der Waals surface area contributed by atoms with Gasteiger partial charge < -0.3 is 15.3 Å². The van der Waals surface area contributed by atoms with Crippen LogP contribution in [0.4, 0.5) is 0 Å². The van der Waals surface area contributed by atoms with E-state index >= 15 is 0 Å². The van der Waals surface area contributed by atoms with E-state index in [1.54, 1.807) is 4.90 Å². The van der Waals surface area contributed by atoms with E-state index in [-0.39, 0.29) is 17.6 Å². The fourth-order valence-corrected chi connectivity index (χ4v) is 1.88. The van der Waals surface area contributed by atoms with E-state index < -0.39 is 0 Å². The maximum atomic E-state index is 11.8. The van der Waals surface area contributed by atoms with Crippen LogP contribution in [0.15, 0.2) is 0 Å². The van der Waals surface area contributed by atoms with Crippen molar-refractivity contribution < 1.29 is 9.90 Å². The first-order valence-corrected chi connectivity index (χ1v) is 6.09. The average molecular weight is 228 g/mol. The molecule has 0 saturated carbocycles. The molecular formula is C12H24N2O2. The van der Waals surface area contributed by atoms with Gasteiger partial charge in [-0.05, 0) is 33.6 Å². The van der Waals surface area contributed by atoms with Gasteiger partial charge in [-0.2, -0.15) is 0 Å². The van der Waals surface area contributed by atoms with Crippen LogP contribution in [0.3, 0.4) is 0 Å². The third-order valence-corrected chi connectivity index (χ3v) is 2.74. The molecular weight excluding hydrogens is 204 g/mol. The predicted molar refractivity (Wildman–Crippen MR) is 64.2 cm³/mol. The number of rotatable bonds is 3. The Morgan fingerprint density at radius 1 is 1.50 bits per heavy atom. The second-order valence-corrected chi connectivity index (χ2v) is 5.56. The highest BCUT2D eigenvalue weighted by Crippen LogP contribution is 2.10. The van der Waals surface area contributed by atoms with Crippen molar-refractivity contribution in [1.82, 2.24) is 10.2 Å². The lowest BCUT2D eigenvalue weighted by molar-refractivity contribution is -0.134. The third kappa shape index (κ3) is 4.94. The van der Waals surface area contributed by atoms with Gasteiger partial charge in [0.25, 0.3) is 0 Å². The number of hydrogen-bond donors (Lipinski definition) is 2. The molecule has 0 aromatic carbocycles. The molecule has 0 aromatic heterocycles. The Hall–Kier alpha value is -0.610. The molecule has 94 valence electrons. The summed E-state index contributed by atoms with van der Waals surface area (Å²) < 4.78 is 0. The molecule has 0 unspecified atom stereocenters. The summed E-state index contributed by atoms with van der Waals surface area (Å²) in [5.41, 5.74) is 0.0572. The van der Waals surface area contributed by atoms with Crippen LogP contribution in [0.5, 0.6) is 0 Å². The van der Waals surface area contributed by atoms with E-state index in [4.69, 9.17) is 0 Å². The van der Waals surface area contributed by atoms with Crippen LogP contribution in [0.1, 0.15) is 40.0 Å². The summed E-state index contributed by atoms with van der Waals surface area (Å²) in [5.74, 6) is 0.149. The van der Waals surface area contributed by atoms with Crippen LogP contribution in [0.2, 0.25) is 0 Å². The molecule has 1 aliphatic rings. The lowest BCUT2D eigenvalue weighted by atomic mass is 10.1. The van der Waals surface area contributed by atoms with Gasteiger partial charge >= 0.3 is 0 Å². The minimum atomic E-state index is -0.326. The Balaban J connectivity index is 2.24. The van der Waals surface area contributed by atoms with Crippen LogP contribution in [0, 0.1) is 0 Å². The van der Waals surface area contributed by atoms with E-state index in [0.29, 0.717) is 19.5 Å². The first-order chi connectivity index (χ1) is 7.38. The van der Waals surface area contributed by atoms with Gasteiger partial charge in [-0.1, -0.05) is 0 Å². The molecule has 0 aliphatic carbocycles. The molecule has 0 radical (unpaired) electrons. The van der Waals surface area contributed by atoms with E-state index in [2.05, 4.69) is 26.1 Å². The first kappa shape index (κ1) is 13.5. The van der Waals surface area contributed by atoms with Gasteiger partial charge in [-0.25, -0.2) is 0 Å². The number of aliphatic hydroxyl groups excluding tert-OH is 1. The van der Waals surface area contributed by atoms with Gasteiger partial charge in [0.2, 0.25) is 5.91 Å². The number of piperidine rings is 1. The quantitative estimate of drug-likeness (QED) is 0.749. The van der Waals surface area contributed by atoms with Crippen molar-refractivity contribution in [2.45, 2.75) is 51.7 Å². The standard InChI is InChI=1S/C12H24N2O2/c1-12(2,3)13-7-6-11(16)14-8-4-5-10(15)9-14/h10,13,15H,4-9H2,1-3H3/t10-/m0/s1. The van der Waals surface area contributed by atoms with Gasteiger partial charge in [-0.15, -0.1) is 0 Å². The SMILES string of the molecule is CC(C)(C)NCCC(=O)N1CCC[C@H](O)C1. The summed E-state index contributed by atoms with van der Waals surface area (Å²) in [7, 11) is 0.